The van der Waals surface area contributed by atoms with Crippen molar-refractivity contribution in [1.82, 2.24) is 4.57 Å². The minimum atomic E-state index is -0.513. The minimum Gasteiger partial charge on any atom is -0.310 e. The molecule has 1 aliphatic rings. The van der Waals surface area contributed by atoms with Crippen LogP contribution >= 0.6 is 0 Å². The van der Waals surface area contributed by atoms with Crippen molar-refractivity contribution in [3.05, 3.63) is 289 Å². The maximum Gasteiger partial charge on any atom is 0.0714 e. The fourth-order valence-electron chi connectivity index (χ4n) is 11.1. The van der Waals surface area contributed by atoms with Crippen LogP contribution in [0, 0.1) is 0 Å². The molecule has 13 rings (SSSR count). The lowest BCUT2D eigenvalue weighted by atomic mass is 9.67. The van der Waals surface area contributed by atoms with Crippen molar-refractivity contribution in [2.45, 2.75) is 5.41 Å². The molecule has 0 saturated carbocycles. The molecule has 12 aromatic rings. The third-order valence-corrected chi connectivity index (χ3v) is 14.1. The Balaban J connectivity index is 0.972. The van der Waals surface area contributed by atoms with Crippen molar-refractivity contribution in [3.63, 3.8) is 0 Å². The van der Waals surface area contributed by atoms with Crippen LogP contribution in [0.15, 0.2) is 267 Å². The first-order valence-corrected chi connectivity index (χ1v) is 23.2. The van der Waals surface area contributed by atoms with Gasteiger partial charge in [0.1, 0.15) is 0 Å². The number of para-hydroxylation sites is 2. The molecule has 1 aliphatic carbocycles. The smallest absolute Gasteiger partial charge is 0.0714 e. The average molecular weight is 853 g/mol. The van der Waals surface area contributed by atoms with Gasteiger partial charge in [-0.2, -0.15) is 0 Å². The zero-order valence-electron chi connectivity index (χ0n) is 36.8. The molecule has 1 aromatic heterocycles. The van der Waals surface area contributed by atoms with Crippen LogP contribution in [-0.4, -0.2) is 4.57 Å². The molecule has 11 aromatic carbocycles. The summed E-state index contributed by atoms with van der Waals surface area (Å²) in [6.07, 6.45) is 0. The van der Waals surface area contributed by atoms with Crippen molar-refractivity contribution in [3.8, 4) is 39.1 Å². The van der Waals surface area contributed by atoms with Crippen molar-refractivity contribution in [1.29, 1.82) is 0 Å². The highest BCUT2D eigenvalue weighted by atomic mass is 15.1. The molecule has 0 aliphatic heterocycles. The molecule has 0 amide bonds. The monoisotopic (exact) mass is 852 g/mol. The Labute approximate surface area is 390 Å². The molecule has 314 valence electrons. The molecular weight excluding hydrogens is 809 g/mol. The zero-order chi connectivity index (χ0) is 44.3. The Hall–Kier alpha value is -8.72. The lowest BCUT2D eigenvalue weighted by Crippen LogP contribution is -2.28. The van der Waals surface area contributed by atoms with Gasteiger partial charge in [0.25, 0.3) is 0 Å². The van der Waals surface area contributed by atoms with Crippen LogP contribution in [0.1, 0.15) is 22.3 Å². The molecule has 0 spiro atoms. The van der Waals surface area contributed by atoms with Crippen molar-refractivity contribution in [2.75, 3.05) is 4.90 Å². The summed E-state index contributed by atoms with van der Waals surface area (Å²) in [5.41, 5.74) is 18.7. The second kappa shape index (κ2) is 15.8. The van der Waals surface area contributed by atoms with E-state index in [0.717, 1.165) is 22.7 Å². The third-order valence-electron chi connectivity index (χ3n) is 14.1. The number of nitrogens with zero attached hydrogens (tertiary/aromatic N) is 2. The summed E-state index contributed by atoms with van der Waals surface area (Å²) in [7, 11) is 0. The van der Waals surface area contributed by atoms with Gasteiger partial charge in [-0.1, -0.05) is 200 Å². The lowest BCUT2D eigenvalue weighted by Gasteiger charge is -2.35. The highest BCUT2D eigenvalue weighted by Crippen LogP contribution is 2.57. The van der Waals surface area contributed by atoms with Gasteiger partial charge in [-0.15, -0.1) is 0 Å². The van der Waals surface area contributed by atoms with E-state index in [9.17, 15) is 0 Å². The molecule has 2 heteroatoms. The van der Waals surface area contributed by atoms with E-state index in [0.29, 0.717) is 0 Å². The highest BCUT2D eigenvalue weighted by molar-refractivity contribution is 6.10. The first-order chi connectivity index (χ1) is 33.2. The Morgan fingerprint density at radius 1 is 0.299 bits per heavy atom. The lowest BCUT2D eigenvalue weighted by molar-refractivity contribution is 0.768. The van der Waals surface area contributed by atoms with E-state index >= 15 is 0 Å². The van der Waals surface area contributed by atoms with Gasteiger partial charge in [0.2, 0.25) is 0 Å². The maximum absolute atomic E-state index is 2.46. The van der Waals surface area contributed by atoms with E-state index in [1.54, 1.807) is 0 Å². The first kappa shape index (κ1) is 38.7. The number of rotatable bonds is 8. The molecule has 0 N–H and O–H groups in total. The largest absolute Gasteiger partial charge is 0.310 e. The highest BCUT2D eigenvalue weighted by Gasteiger charge is 2.46. The van der Waals surface area contributed by atoms with E-state index in [4.69, 9.17) is 0 Å². The standard InChI is InChI=1S/C65H44N2/c1-4-19-49(20-5-1)65(50-21-6-2-7-22-50)61-29-14-12-26-57(61)58-41-40-54(44-62(58)65)66(53-38-33-47(34-39-53)56-28-16-18-46-17-10-11-25-55(46)56)52-36-31-45(32-37-52)48-35-42-64-60(43-48)59-27-13-15-30-63(59)67(64)51-23-8-3-9-24-51/h1-44H. The van der Waals surface area contributed by atoms with E-state index in [2.05, 4.69) is 276 Å². The Bertz CT molecular complexity index is 3730. The molecule has 0 fully saturated rings. The SMILES string of the molecule is c1ccc(-n2c3ccccc3c3cc(-c4ccc(N(c5ccc(-c6cccc7ccccc67)cc5)c5ccc6c(c5)C(c5ccccc5)(c5ccccc5)c5ccccc5-6)cc4)ccc32)cc1. The predicted octanol–water partition coefficient (Wildman–Crippen LogP) is 17.1. The van der Waals surface area contributed by atoms with Crippen LogP contribution in [0.3, 0.4) is 0 Å². The van der Waals surface area contributed by atoms with E-state index in [1.165, 1.54) is 88.2 Å². The average Bonchev–Trinajstić information content (AvgIpc) is 3.90. The summed E-state index contributed by atoms with van der Waals surface area (Å²) >= 11 is 0. The van der Waals surface area contributed by atoms with E-state index in [1.807, 2.05) is 0 Å². The number of hydrogen-bond acceptors (Lipinski definition) is 1. The Morgan fingerprint density at radius 3 is 1.55 bits per heavy atom. The van der Waals surface area contributed by atoms with Crippen LogP contribution in [-0.2, 0) is 5.41 Å². The molecule has 2 nitrogen and oxygen atoms in total. The van der Waals surface area contributed by atoms with Crippen LogP contribution in [0.5, 0.6) is 0 Å². The van der Waals surface area contributed by atoms with Crippen molar-refractivity contribution >= 4 is 49.6 Å². The first-order valence-electron chi connectivity index (χ1n) is 23.2. The summed E-state index contributed by atoms with van der Waals surface area (Å²) in [4.78, 5) is 2.43. The van der Waals surface area contributed by atoms with Gasteiger partial charge in [0.15, 0.2) is 0 Å². The van der Waals surface area contributed by atoms with Crippen LogP contribution < -0.4 is 4.90 Å². The molecule has 1 heterocycles. The summed E-state index contributed by atoms with van der Waals surface area (Å²) in [6.45, 7) is 0. The minimum absolute atomic E-state index is 0.513. The summed E-state index contributed by atoms with van der Waals surface area (Å²) < 4.78 is 2.38. The van der Waals surface area contributed by atoms with E-state index in [-0.39, 0.29) is 0 Å². The Morgan fingerprint density at radius 2 is 0.821 bits per heavy atom. The Kier molecular flexibility index (Phi) is 9.11. The van der Waals surface area contributed by atoms with E-state index < -0.39 is 5.41 Å². The molecule has 0 unspecified atom stereocenters. The molecular formula is C65H44N2. The van der Waals surface area contributed by atoms with Gasteiger partial charge in [-0.05, 0) is 133 Å². The van der Waals surface area contributed by atoms with Gasteiger partial charge >= 0.3 is 0 Å². The van der Waals surface area contributed by atoms with Crippen molar-refractivity contribution < 1.29 is 0 Å². The summed E-state index contributed by atoms with van der Waals surface area (Å²) in [5, 5.41) is 4.99. The number of aromatic nitrogens is 1. The van der Waals surface area contributed by atoms with Crippen molar-refractivity contribution in [2.24, 2.45) is 0 Å². The van der Waals surface area contributed by atoms with Crippen LogP contribution in [0.25, 0.3) is 71.6 Å². The second-order valence-corrected chi connectivity index (χ2v) is 17.6. The van der Waals surface area contributed by atoms with Gasteiger partial charge in [0.05, 0.1) is 16.4 Å². The normalized spacial score (nSPS) is 12.6. The number of fused-ring (bicyclic) bond motifs is 7. The molecule has 0 bridgehead atoms. The van der Waals surface area contributed by atoms with Gasteiger partial charge in [-0.3, -0.25) is 0 Å². The molecule has 0 atom stereocenters. The molecule has 0 radical (unpaired) electrons. The second-order valence-electron chi connectivity index (χ2n) is 17.6. The van der Waals surface area contributed by atoms with Gasteiger partial charge < -0.3 is 9.47 Å². The summed E-state index contributed by atoms with van der Waals surface area (Å²) in [6, 6.07) is 98.0. The van der Waals surface area contributed by atoms with Gasteiger partial charge in [0, 0.05) is 33.5 Å². The quantitative estimate of drug-likeness (QED) is 0.148. The fourth-order valence-corrected chi connectivity index (χ4v) is 11.1. The number of hydrogen-bond donors (Lipinski definition) is 0. The fraction of sp³-hybridized carbons (Fsp3) is 0.0154. The number of anilines is 3. The molecule has 0 saturated heterocycles. The third kappa shape index (κ3) is 6.18. The summed E-state index contributed by atoms with van der Waals surface area (Å²) in [5.74, 6) is 0. The maximum atomic E-state index is 2.46. The van der Waals surface area contributed by atoms with Crippen LogP contribution in [0.4, 0.5) is 17.1 Å². The number of benzene rings is 11. The van der Waals surface area contributed by atoms with Gasteiger partial charge in [-0.25, -0.2) is 0 Å². The predicted molar refractivity (Wildman–Crippen MR) is 281 cm³/mol. The zero-order valence-corrected chi connectivity index (χ0v) is 36.8. The van der Waals surface area contributed by atoms with Crippen LogP contribution in [0.2, 0.25) is 0 Å². The topological polar surface area (TPSA) is 8.17 Å². The molecule has 67 heavy (non-hydrogen) atoms.